The highest BCUT2D eigenvalue weighted by atomic mass is 31.2. The first kappa shape index (κ1) is 89.1. The smallest absolute Gasteiger partial charge is 0.462 e. The summed E-state index contributed by atoms with van der Waals surface area (Å²) in [6.07, 6.45) is 49.9. The highest BCUT2D eigenvalue weighted by molar-refractivity contribution is 7.47. The molecule has 0 aliphatic heterocycles. The van der Waals surface area contributed by atoms with Gasteiger partial charge in [0.1, 0.15) is 19.3 Å². The van der Waals surface area contributed by atoms with Gasteiger partial charge in [-0.25, -0.2) is 9.13 Å². The summed E-state index contributed by atoms with van der Waals surface area (Å²) in [7, 11) is -9.90. The monoisotopic (exact) mass is 1340 g/mol. The Morgan fingerprint density at radius 2 is 0.527 bits per heavy atom. The molecule has 540 valence electrons. The Morgan fingerprint density at radius 1 is 0.308 bits per heavy atom. The van der Waals surface area contributed by atoms with Crippen LogP contribution in [0.3, 0.4) is 0 Å². The Balaban J connectivity index is 5.23. The zero-order valence-corrected chi connectivity index (χ0v) is 60.9. The topological polar surface area (TPSA) is 237 Å². The molecule has 4 unspecified atom stereocenters. The first-order chi connectivity index (χ1) is 43.9. The quantitative estimate of drug-likeness (QED) is 0.0222. The fourth-order valence-corrected chi connectivity index (χ4v) is 12.5. The molecule has 3 N–H and O–H groups in total. The van der Waals surface area contributed by atoms with Gasteiger partial charge in [-0.2, -0.15) is 0 Å². The van der Waals surface area contributed by atoms with E-state index in [0.717, 1.165) is 108 Å². The second kappa shape index (κ2) is 64.1. The third kappa shape index (κ3) is 63.9. The zero-order valence-electron chi connectivity index (χ0n) is 59.1. The van der Waals surface area contributed by atoms with Gasteiger partial charge in [0.25, 0.3) is 0 Å². The summed E-state index contributed by atoms with van der Waals surface area (Å²) in [6.45, 7) is 9.52. The van der Waals surface area contributed by atoms with E-state index in [1.54, 1.807) is 0 Å². The molecule has 7 atom stereocenters. The summed E-state index contributed by atoms with van der Waals surface area (Å²) in [5.41, 5.74) is 0. The molecule has 0 saturated heterocycles. The number of phosphoric ester groups is 2. The number of hydrogen-bond acceptors (Lipinski definition) is 15. The number of ether oxygens (including phenoxy) is 4. The minimum absolute atomic E-state index is 0.106. The summed E-state index contributed by atoms with van der Waals surface area (Å²) in [5, 5.41) is 10.6. The number of phosphoric acid groups is 2. The molecule has 0 amide bonds. The molecule has 91 heavy (non-hydrogen) atoms. The van der Waals surface area contributed by atoms with Crippen molar-refractivity contribution in [1.29, 1.82) is 0 Å². The van der Waals surface area contributed by atoms with Crippen molar-refractivity contribution in [2.75, 3.05) is 39.6 Å². The van der Waals surface area contributed by atoms with Gasteiger partial charge in [0.05, 0.1) is 26.4 Å². The van der Waals surface area contributed by atoms with Crippen LogP contribution in [0.1, 0.15) is 369 Å². The van der Waals surface area contributed by atoms with Crippen molar-refractivity contribution in [2.45, 2.75) is 387 Å². The van der Waals surface area contributed by atoms with E-state index in [1.807, 2.05) is 0 Å². The van der Waals surface area contributed by atoms with Gasteiger partial charge in [-0.15, -0.1) is 0 Å². The Bertz CT molecular complexity index is 1770. The average molecular weight is 1340 g/mol. The average Bonchev–Trinajstić information content (AvgIpc) is 3.26. The van der Waals surface area contributed by atoms with Gasteiger partial charge in [0.15, 0.2) is 12.2 Å². The maximum atomic E-state index is 13.0. The lowest BCUT2D eigenvalue weighted by molar-refractivity contribution is -0.161. The number of unbranched alkanes of at least 4 members (excludes halogenated alkanes) is 39. The Hall–Kier alpha value is -1.94. The maximum Gasteiger partial charge on any atom is 0.472 e. The first-order valence-corrected chi connectivity index (χ1v) is 40.6. The molecular formula is C72H140O17P2. The number of aliphatic hydroxyl groups is 1. The van der Waals surface area contributed by atoms with E-state index < -0.39 is 97.5 Å². The third-order valence-corrected chi connectivity index (χ3v) is 19.3. The van der Waals surface area contributed by atoms with Gasteiger partial charge >= 0.3 is 39.5 Å². The fraction of sp³-hybridized carbons (Fsp3) is 0.944. The molecular weight excluding hydrogens is 1200 g/mol. The number of carbonyl (C=O) groups is 4. The minimum atomic E-state index is -4.95. The van der Waals surface area contributed by atoms with Crippen molar-refractivity contribution in [3.05, 3.63) is 0 Å². The predicted molar refractivity (Wildman–Crippen MR) is 368 cm³/mol. The molecule has 0 heterocycles. The summed E-state index contributed by atoms with van der Waals surface area (Å²) >= 11 is 0. The largest absolute Gasteiger partial charge is 0.472 e. The van der Waals surface area contributed by atoms with E-state index in [-0.39, 0.29) is 25.7 Å². The first-order valence-electron chi connectivity index (χ1n) is 37.6. The summed E-state index contributed by atoms with van der Waals surface area (Å²) in [4.78, 5) is 72.6. The maximum absolute atomic E-state index is 13.0. The molecule has 19 heteroatoms. The van der Waals surface area contributed by atoms with Crippen molar-refractivity contribution >= 4 is 39.5 Å². The van der Waals surface area contributed by atoms with Crippen molar-refractivity contribution in [3.63, 3.8) is 0 Å². The standard InChI is InChI=1S/C72H140O17P2/c1-7-11-13-15-17-19-21-22-23-24-25-26-27-29-31-37-45-51-57-72(77)88-67(60-82-69(74)54-48-42-35-33-32-34-40-46-52-64(5)9-3)62-86-90(78,79)84-58-66(73)59-85-91(80,81)87-63-68(61-83-70(75)55-49-43-39-38-41-47-53-65(6)10-4)89-71(76)56-50-44-36-30-28-20-18-16-14-12-8-2/h64-68,73H,7-63H2,1-6H3,(H,78,79)(H,80,81)/t64?,65?,66-,67-,68-/m1/s1. The Kier molecular flexibility index (Phi) is 62.7. The zero-order chi connectivity index (χ0) is 67.2. The number of hydrogen-bond donors (Lipinski definition) is 3. The highest BCUT2D eigenvalue weighted by Crippen LogP contribution is 2.45. The van der Waals surface area contributed by atoms with E-state index >= 15 is 0 Å². The van der Waals surface area contributed by atoms with Crippen molar-refractivity contribution in [3.8, 4) is 0 Å². The van der Waals surface area contributed by atoms with E-state index in [2.05, 4.69) is 41.5 Å². The van der Waals surface area contributed by atoms with Crippen LogP contribution in [0.15, 0.2) is 0 Å². The van der Waals surface area contributed by atoms with Crippen LogP contribution in [0, 0.1) is 11.8 Å². The molecule has 0 fully saturated rings. The Labute approximate surface area is 556 Å². The van der Waals surface area contributed by atoms with Crippen molar-refractivity contribution < 1.29 is 80.2 Å². The van der Waals surface area contributed by atoms with Crippen molar-refractivity contribution in [2.24, 2.45) is 11.8 Å². The van der Waals surface area contributed by atoms with Crippen molar-refractivity contribution in [1.82, 2.24) is 0 Å². The molecule has 0 bridgehead atoms. The number of esters is 4. The molecule has 0 saturated carbocycles. The van der Waals surface area contributed by atoms with E-state index in [4.69, 9.17) is 37.0 Å². The van der Waals surface area contributed by atoms with Crippen LogP contribution in [0.4, 0.5) is 0 Å². The molecule has 0 aromatic carbocycles. The van der Waals surface area contributed by atoms with Gasteiger partial charge < -0.3 is 33.8 Å². The lowest BCUT2D eigenvalue weighted by Crippen LogP contribution is -2.30. The number of aliphatic hydroxyl groups excluding tert-OH is 1. The van der Waals surface area contributed by atoms with E-state index in [9.17, 15) is 43.2 Å². The lowest BCUT2D eigenvalue weighted by Gasteiger charge is -2.21. The third-order valence-electron chi connectivity index (χ3n) is 17.4. The Morgan fingerprint density at radius 3 is 0.780 bits per heavy atom. The predicted octanol–water partition coefficient (Wildman–Crippen LogP) is 20.8. The molecule has 0 aromatic rings. The van der Waals surface area contributed by atoms with E-state index in [1.165, 1.54) is 180 Å². The lowest BCUT2D eigenvalue weighted by atomic mass is 9.99. The van der Waals surface area contributed by atoms with Gasteiger partial charge in [-0.3, -0.25) is 37.3 Å². The summed E-state index contributed by atoms with van der Waals surface area (Å²) < 4.78 is 68.3. The van der Waals surface area contributed by atoms with Crippen LogP contribution in [0.25, 0.3) is 0 Å². The number of rotatable bonds is 71. The number of carbonyl (C=O) groups excluding carboxylic acids is 4. The van der Waals surface area contributed by atoms with Crippen LogP contribution in [0.5, 0.6) is 0 Å². The van der Waals surface area contributed by atoms with Crippen LogP contribution in [0.2, 0.25) is 0 Å². The second-order valence-corrected chi connectivity index (χ2v) is 29.4. The van der Waals surface area contributed by atoms with E-state index in [0.29, 0.717) is 25.7 Å². The van der Waals surface area contributed by atoms with Gasteiger partial charge in [-0.1, -0.05) is 318 Å². The normalized spacial score (nSPS) is 14.7. The molecule has 0 radical (unpaired) electrons. The molecule has 0 spiro atoms. The van der Waals surface area contributed by atoms with Gasteiger partial charge in [0, 0.05) is 25.7 Å². The molecule has 0 aliphatic carbocycles. The van der Waals surface area contributed by atoms with Crippen LogP contribution in [-0.2, 0) is 65.4 Å². The highest BCUT2D eigenvalue weighted by Gasteiger charge is 2.30. The fourth-order valence-electron chi connectivity index (χ4n) is 10.9. The van der Waals surface area contributed by atoms with Gasteiger partial charge in [-0.05, 0) is 37.5 Å². The summed E-state index contributed by atoms with van der Waals surface area (Å²) in [5.74, 6) is -0.613. The second-order valence-electron chi connectivity index (χ2n) is 26.5. The van der Waals surface area contributed by atoms with Gasteiger partial charge in [0.2, 0.25) is 0 Å². The van der Waals surface area contributed by atoms with Crippen LogP contribution in [-0.4, -0.2) is 96.7 Å². The minimum Gasteiger partial charge on any atom is -0.462 e. The molecule has 0 aliphatic rings. The molecule has 17 nitrogen and oxygen atoms in total. The molecule has 0 aromatic heterocycles. The van der Waals surface area contributed by atoms with Crippen LogP contribution >= 0.6 is 15.6 Å². The molecule has 0 rings (SSSR count). The van der Waals surface area contributed by atoms with Crippen LogP contribution < -0.4 is 0 Å². The SMILES string of the molecule is CCCCCCCCCCCCCCCCCCCCC(=O)O[C@H](COC(=O)CCCCCCCCCCC(C)CC)COP(=O)(O)OC[C@@H](O)COP(=O)(O)OC[C@@H](COC(=O)CCCCCCCCC(C)CC)OC(=O)CCCCCCCCCCCCC. The summed E-state index contributed by atoms with van der Waals surface area (Å²) in [6, 6.07) is 0.